The zero-order chi connectivity index (χ0) is 16.0. The Morgan fingerprint density at radius 3 is 2.36 bits per heavy atom. The number of rotatable bonds is 3. The normalized spacial score (nSPS) is 19.4. The standard InChI is InChI=1S/C16H21BN2O3/c1-15(2)16(3,4)22-17(21-15)12-7-6-11(10-13(12)20-5)14-18-8-9-19-14/h6-10H,1-5H3,(H,18,19). The first-order chi connectivity index (χ1) is 10.3. The fraction of sp³-hybridized carbons (Fsp3) is 0.438. The van der Waals surface area contributed by atoms with E-state index in [1.54, 1.807) is 19.5 Å². The van der Waals surface area contributed by atoms with E-state index >= 15 is 0 Å². The average Bonchev–Trinajstić information content (AvgIpc) is 3.05. The second kappa shape index (κ2) is 5.14. The number of nitrogens with one attached hydrogen (secondary N) is 1. The van der Waals surface area contributed by atoms with Crippen molar-refractivity contribution in [2.75, 3.05) is 7.11 Å². The molecular weight excluding hydrogens is 279 g/mol. The summed E-state index contributed by atoms with van der Waals surface area (Å²) in [6.45, 7) is 8.15. The Labute approximate surface area is 131 Å². The molecule has 0 bridgehead atoms. The highest BCUT2D eigenvalue weighted by Gasteiger charge is 2.52. The van der Waals surface area contributed by atoms with Crippen molar-refractivity contribution >= 4 is 12.6 Å². The van der Waals surface area contributed by atoms with Crippen LogP contribution < -0.4 is 10.2 Å². The zero-order valence-electron chi connectivity index (χ0n) is 13.6. The summed E-state index contributed by atoms with van der Waals surface area (Å²) in [5, 5.41) is 0. The summed E-state index contributed by atoms with van der Waals surface area (Å²) in [4.78, 5) is 7.35. The van der Waals surface area contributed by atoms with E-state index in [-0.39, 0.29) is 11.2 Å². The molecule has 0 aliphatic carbocycles. The monoisotopic (exact) mass is 300 g/mol. The number of ether oxygens (including phenoxy) is 1. The third kappa shape index (κ3) is 2.42. The first-order valence-corrected chi connectivity index (χ1v) is 7.37. The van der Waals surface area contributed by atoms with Crippen LogP contribution in [-0.2, 0) is 9.31 Å². The number of nitrogens with zero attached hydrogens (tertiary/aromatic N) is 1. The Balaban J connectivity index is 1.95. The molecule has 6 heteroatoms. The minimum absolute atomic E-state index is 0.373. The van der Waals surface area contributed by atoms with Crippen LogP contribution in [0.2, 0.25) is 0 Å². The van der Waals surface area contributed by atoms with E-state index < -0.39 is 7.12 Å². The van der Waals surface area contributed by atoms with Crippen LogP contribution in [0.25, 0.3) is 11.4 Å². The van der Waals surface area contributed by atoms with Crippen molar-refractivity contribution in [1.82, 2.24) is 9.97 Å². The third-order valence-corrected chi connectivity index (χ3v) is 4.51. The summed E-state index contributed by atoms with van der Waals surface area (Å²) in [6, 6.07) is 5.90. The molecule has 5 nitrogen and oxygen atoms in total. The number of benzene rings is 1. The predicted octanol–water partition coefficient (Wildman–Crippen LogP) is 2.38. The molecule has 1 N–H and O–H groups in total. The van der Waals surface area contributed by atoms with E-state index in [0.29, 0.717) is 0 Å². The van der Waals surface area contributed by atoms with Crippen LogP contribution in [0.3, 0.4) is 0 Å². The van der Waals surface area contributed by atoms with Crippen LogP contribution in [0, 0.1) is 0 Å². The highest BCUT2D eigenvalue weighted by Crippen LogP contribution is 2.37. The lowest BCUT2D eigenvalue weighted by molar-refractivity contribution is 0.00578. The molecule has 1 aliphatic rings. The molecule has 1 fully saturated rings. The van der Waals surface area contributed by atoms with Crippen LogP contribution >= 0.6 is 0 Å². The van der Waals surface area contributed by atoms with Gasteiger partial charge in [-0.05, 0) is 33.8 Å². The lowest BCUT2D eigenvalue weighted by Crippen LogP contribution is -2.41. The van der Waals surface area contributed by atoms with E-state index in [9.17, 15) is 0 Å². The van der Waals surface area contributed by atoms with Crippen LogP contribution in [0.4, 0.5) is 0 Å². The van der Waals surface area contributed by atoms with E-state index in [1.807, 2.05) is 45.9 Å². The fourth-order valence-electron chi connectivity index (χ4n) is 2.45. The van der Waals surface area contributed by atoms with Gasteiger partial charge in [-0.15, -0.1) is 0 Å². The van der Waals surface area contributed by atoms with Crippen molar-refractivity contribution in [3.63, 3.8) is 0 Å². The lowest BCUT2D eigenvalue weighted by atomic mass is 9.78. The second-order valence-electron chi connectivity index (χ2n) is 6.48. The first kappa shape index (κ1) is 15.1. The molecular formula is C16H21BN2O3. The third-order valence-electron chi connectivity index (χ3n) is 4.51. The number of methoxy groups -OCH3 is 1. The number of imidazole rings is 1. The van der Waals surface area contributed by atoms with E-state index in [0.717, 1.165) is 22.6 Å². The first-order valence-electron chi connectivity index (χ1n) is 7.37. The highest BCUT2D eigenvalue weighted by atomic mass is 16.7. The summed E-state index contributed by atoms with van der Waals surface area (Å²) in [7, 11) is 1.21. The Kier molecular flexibility index (Phi) is 3.53. The maximum Gasteiger partial charge on any atom is 0.498 e. The summed E-state index contributed by atoms with van der Waals surface area (Å²) in [5.41, 5.74) is 1.10. The van der Waals surface area contributed by atoms with Gasteiger partial charge in [0.15, 0.2) is 0 Å². The minimum Gasteiger partial charge on any atom is -0.497 e. The van der Waals surface area contributed by atoms with Gasteiger partial charge in [0.2, 0.25) is 0 Å². The fourth-order valence-corrected chi connectivity index (χ4v) is 2.45. The molecule has 2 aromatic rings. The average molecular weight is 300 g/mol. The molecule has 0 atom stereocenters. The summed E-state index contributed by atoms with van der Waals surface area (Å²) >= 11 is 0. The van der Waals surface area contributed by atoms with Crippen molar-refractivity contribution in [2.45, 2.75) is 38.9 Å². The SMILES string of the molecule is COc1cc(-c2ncc[nH]2)ccc1B1OC(C)(C)C(C)(C)O1. The molecule has 0 spiro atoms. The second-order valence-corrected chi connectivity index (χ2v) is 6.48. The van der Waals surface area contributed by atoms with Gasteiger partial charge in [0.05, 0.1) is 18.3 Å². The van der Waals surface area contributed by atoms with Gasteiger partial charge in [0.1, 0.15) is 11.6 Å². The summed E-state index contributed by atoms with van der Waals surface area (Å²) in [5.74, 6) is 1.53. The van der Waals surface area contributed by atoms with E-state index in [2.05, 4.69) is 9.97 Å². The Morgan fingerprint density at radius 2 is 1.82 bits per heavy atom. The van der Waals surface area contributed by atoms with Crippen LogP contribution in [-0.4, -0.2) is 35.4 Å². The van der Waals surface area contributed by atoms with Gasteiger partial charge in [-0.1, -0.05) is 12.1 Å². The van der Waals surface area contributed by atoms with Gasteiger partial charge < -0.3 is 19.0 Å². The largest absolute Gasteiger partial charge is 0.498 e. The maximum atomic E-state index is 6.10. The molecule has 22 heavy (non-hydrogen) atoms. The van der Waals surface area contributed by atoms with Crippen LogP contribution in [0.1, 0.15) is 27.7 Å². The molecule has 0 saturated carbocycles. The minimum atomic E-state index is -0.439. The number of aromatic nitrogens is 2. The van der Waals surface area contributed by atoms with Gasteiger partial charge in [-0.3, -0.25) is 0 Å². The summed E-state index contributed by atoms with van der Waals surface area (Å²) in [6.07, 6.45) is 3.52. The molecule has 0 unspecified atom stereocenters. The Bertz CT molecular complexity index is 652. The molecule has 0 radical (unpaired) electrons. The quantitative estimate of drug-likeness (QED) is 0.884. The van der Waals surface area contributed by atoms with Crippen LogP contribution in [0.15, 0.2) is 30.6 Å². The molecule has 1 saturated heterocycles. The van der Waals surface area contributed by atoms with E-state index in [1.165, 1.54) is 0 Å². The van der Waals surface area contributed by atoms with Crippen LogP contribution in [0.5, 0.6) is 5.75 Å². The number of hydrogen-bond donors (Lipinski definition) is 1. The molecule has 0 amide bonds. The Hall–Kier alpha value is -1.79. The van der Waals surface area contributed by atoms with Gasteiger partial charge >= 0.3 is 7.12 Å². The van der Waals surface area contributed by atoms with Crippen molar-refractivity contribution in [3.8, 4) is 17.1 Å². The lowest BCUT2D eigenvalue weighted by Gasteiger charge is -2.32. The van der Waals surface area contributed by atoms with Gasteiger partial charge in [0, 0.05) is 23.4 Å². The maximum absolute atomic E-state index is 6.10. The highest BCUT2D eigenvalue weighted by molar-refractivity contribution is 6.63. The van der Waals surface area contributed by atoms with Gasteiger partial charge in [-0.2, -0.15) is 0 Å². The molecule has 1 aliphatic heterocycles. The van der Waals surface area contributed by atoms with Crippen molar-refractivity contribution in [3.05, 3.63) is 30.6 Å². The van der Waals surface area contributed by atoms with Gasteiger partial charge in [0.25, 0.3) is 0 Å². The molecule has 3 rings (SSSR count). The van der Waals surface area contributed by atoms with Crippen molar-refractivity contribution in [2.24, 2.45) is 0 Å². The molecule has 1 aromatic heterocycles. The topological polar surface area (TPSA) is 56.4 Å². The smallest absolute Gasteiger partial charge is 0.497 e. The number of aromatic amines is 1. The Morgan fingerprint density at radius 1 is 1.14 bits per heavy atom. The zero-order valence-corrected chi connectivity index (χ0v) is 13.6. The predicted molar refractivity (Wildman–Crippen MR) is 86.3 cm³/mol. The molecule has 1 aromatic carbocycles. The van der Waals surface area contributed by atoms with Gasteiger partial charge in [-0.25, -0.2) is 4.98 Å². The molecule has 116 valence electrons. The number of H-pyrrole nitrogens is 1. The summed E-state index contributed by atoms with van der Waals surface area (Å²) < 4.78 is 17.7. The molecule has 2 heterocycles. The number of hydrogen-bond acceptors (Lipinski definition) is 4. The van der Waals surface area contributed by atoms with Crippen molar-refractivity contribution in [1.29, 1.82) is 0 Å². The van der Waals surface area contributed by atoms with Crippen molar-refractivity contribution < 1.29 is 14.0 Å². The van der Waals surface area contributed by atoms with E-state index in [4.69, 9.17) is 14.0 Å².